The number of carbonyl (C=O) groups is 3. The number of aliphatic hydroxyl groups is 1. The summed E-state index contributed by atoms with van der Waals surface area (Å²) >= 11 is 0. The summed E-state index contributed by atoms with van der Waals surface area (Å²) in [6, 6.07) is 14.5. The monoisotopic (exact) mass is 434 g/mol. The van der Waals surface area contributed by atoms with Crippen molar-refractivity contribution in [3.63, 3.8) is 0 Å². The van der Waals surface area contributed by atoms with Gasteiger partial charge in [-0.1, -0.05) is 24.3 Å². The minimum absolute atomic E-state index is 0.0555. The van der Waals surface area contributed by atoms with E-state index in [1.807, 2.05) is 42.1 Å². The normalized spacial score (nSPS) is 14.9. The highest BCUT2D eigenvalue weighted by Gasteiger charge is 2.21. The molecule has 2 heterocycles. The first-order valence-corrected chi connectivity index (χ1v) is 10.7. The zero-order chi connectivity index (χ0) is 22.7. The standard InChI is InChI=1S/C24H26N4O4/c1-27-15-19(18-9-2-3-10-20(18)27)21(29)14-25-23(31)24(32)26-16-7-6-8-17(13-16)28-12-5-4-11-22(28)30/h2-3,6-10,13,15,21,29H,4-5,11-12,14H2,1H3,(H,25,31)(H,26,32). The number of benzene rings is 2. The quantitative estimate of drug-likeness (QED) is 0.537. The fourth-order valence-electron chi connectivity index (χ4n) is 4.04. The molecule has 1 atom stereocenters. The van der Waals surface area contributed by atoms with Gasteiger partial charge in [0.15, 0.2) is 0 Å². The molecule has 1 saturated heterocycles. The lowest BCUT2D eigenvalue weighted by Gasteiger charge is -2.27. The summed E-state index contributed by atoms with van der Waals surface area (Å²) in [5.74, 6) is -1.62. The van der Waals surface area contributed by atoms with Gasteiger partial charge in [0.25, 0.3) is 0 Å². The summed E-state index contributed by atoms with van der Waals surface area (Å²) in [5, 5.41) is 16.5. The molecule has 1 fully saturated rings. The van der Waals surface area contributed by atoms with Gasteiger partial charge in [0, 0.05) is 60.6 Å². The van der Waals surface area contributed by atoms with Crippen LogP contribution >= 0.6 is 0 Å². The largest absolute Gasteiger partial charge is 0.386 e. The Morgan fingerprint density at radius 2 is 1.91 bits per heavy atom. The van der Waals surface area contributed by atoms with E-state index in [-0.39, 0.29) is 12.5 Å². The van der Waals surface area contributed by atoms with E-state index in [4.69, 9.17) is 0 Å². The van der Waals surface area contributed by atoms with E-state index in [2.05, 4.69) is 10.6 Å². The lowest BCUT2D eigenvalue weighted by molar-refractivity contribution is -0.136. The van der Waals surface area contributed by atoms with Gasteiger partial charge >= 0.3 is 11.8 Å². The van der Waals surface area contributed by atoms with Crippen LogP contribution in [0, 0.1) is 0 Å². The van der Waals surface area contributed by atoms with Gasteiger partial charge in [0.2, 0.25) is 5.91 Å². The molecule has 1 aromatic heterocycles. The van der Waals surface area contributed by atoms with E-state index in [9.17, 15) is 19.5 Å². The Balaban J connectivity index is 1.36. The number of amides is 3. The Kier molecular flexibility index (Phi) is 6.23. The molecule has 1 aliphatic rings. The molecule has 2 aromatic carbocycles. The van der Waals surface area contributed by atoms with Gasteiger partial charge in [-0.05, 0) is 37.1 Å². The number of aryl methyl sites for hydroxylation is 1. The van der Waals surface area contributed by atoms with Gasteiger partial charge in [-0.3, -0.25) is 14.4 Å². The van der Waals surface area contributed by atoms with Crippen molar-refractivity contribution in [3.8, 4) is 0 Å². The number of aliphatic hydroxyl groups excluding tert-OH is 1. The van der Waals surface area contributed by atoms with E-state index in [1.54, 1.807) is 29.2 Å². The number of nitrogens with zero attached hydrogens (tertiary/aromatic N) is 2. The van der Waals surface area contributed by atoms with Crippen LogP contribution < -0.4 is 15.5 Å². The summed E-state index contributed by atoms with van der Waals surface area (Å²) in [5.41, 5.74) is 2.77. The lowest BCUT2D eigenvalue weighted by Crippen LogP contribution is -2.38. The topological polar surface area (TPSA) is 104 Å². The number of aromatic nitrogens is 1. The van der Waals surface area contributed by atoms with Crippen LogP contribution in [0.1, 0.15) is 30.9 Å². The van der Waals surface area contributed by atoms with Crippen LogP contribution in [0.25, 0.3) is 10.9 Å². The molecule has 0 radical (unpaired) electrons. The first-order chi connectivity index (χ1) is 15.4. The third-order valence-electron chi connectivity index (χ3n) is 5.69. The fraction of sp³-hybridized carbons (Fsp3) is 0.292. The van der Waals surface area contributed by atoms with Crippen LogP contribution in [0.5, 0.6) is 0 Å². The smallest absolute Gasteiger partial charge is 0.313 e. The highest BCUT2D eigenvalue weighted by atomic mass is 16.3. The summed E-state index contributed by atoms with van der Waals surface area (Å²) in [6.45, 7) is 0.547. The van der Waals surface area contributed by atoms with Crippen molar-refractivity contribution in [2.24, 2.45) is 7.05 Å². The van der Waals surface area contributed by atoms with Crippen molar-refractivity contribution in [2.45, 2.75) is 25.4 Å². The number of hydrogen-bond acceptors (Lipinski definition) is 4. The van der Waals surface area contributed by atoms with Crippen molar-refractivity contribution >= 4 is 40.0 Å². The van der Waals surface area contributed by atoms with Crippen molar-refractivity contribution < 1.29 is 19.5 Å². The number of fused-ring (bicyclic) bond motifs is 1. The Labute approximate surface area is 185 Å². The average Bonchev–Trinajstić information content (AvgIpc) is 3.14. The molecule has 166 valence electrons. The second-order valence-electron chi connectivity index (χ2n) is 7.95. The number of nitrogens with one attached hydrogen (secondary N) is 2. The molecule has 1 unspecified atom stereocenters. The van der Waals surface area contributed by atoms with E-state index >= 15 is 0 Å². The van der Waals surface area contributed by atoms with Gasteiger partial charge in [-0.2, -0.15) is 0 Å². The molecule has 4 rings (SSSR count). The number of anilines is 2. The van der Waals surface area contributed by atoms with E-state index < -0.39 is 17.9 Å². The maximum absolute atomic E-state index is 12.3. The van der Waals surface area contributed by atoms with Crippen molar-refractivity contribution in [1.82, 2.24) is 9.88 Å². The highest BCUT2D eigenvalue weighted by Crippen LogP contribution is 2.26. The second-order valence-corrected chi connectivity index (χ2v) is 7.95. The Hall–Kier alpha value is -3.65. The average molecular weight is 434 g/mol. The second kappa shape index (κ2) is 9.23. The van der Waals surface area contributed by atoms with Crippen molar-refractivity contribution in [3.05, 3.63) is 60.3 Å². The number of hydrogen-bond donors (Lipinski definition) is 3. The maximum Gasteiger partial charge on any atom is 0.313 e. The molecule has 3 amide bonds. The molecule has 8 heteroatoms. The van der Waals surface area contributed by atoms with Gasteiger partial charge < -0.3 is 25.2 Å². The van der Waals surface area contributed by atoms with Crippen LogP contribution in [-0.4, -0.2) is 40.5 Å². The maximum atomic E-state index is 12.3. The SMILES string of the molecule is Cn1cc(C(O)CNC(=O)C(=O)Nc2cccc(N3CCCCC3=O)c2)c2ccccc21. The summed E-state index contributed by atoms with van der Waals surface area (Å²) in [6.07, 6.45) is 3.19. The van der Waals surface area contributed by atoms with E-state index in [0.717, 1.165) is 23.7 Å². The summed E-state index contributed by atoms with van der Waals surface area (Å²) < 4.78 is 1.91. The van der Waals surface area contributed by atoms with Crippen LogP contribution in [-0.2, 0) is 21.4 Å². The molecule has 0 spiro atoms. The molecule has 3 N–H and O–H groups in total. The van der Waals surface area contributed by atoms with Gasteiger partial charge in [-0.15, -0.1) is 0 Å². The number of piperidine rings is 1. The zero-order valence-corrected chi connectivity index (χ0v) is 17.9. The molecule has 0 bridgehead atoms. The molecular formula is C24H26N4O4. The molecule has 0 saturated carbocycles. The predicted octanol–water partition coefficient (Wildman–Crippen LogP) is 2.48. The van der Waals surface area contributed by atoms with Crippen molar-refractivity contribution in [1.29, 1.82) is 0 Å². The minimum atomic E-state index is -0.953. The van der Waals surface area contributed by atoms with Crippen molar-refractivity contribution in [2.75, 3.05) is 23.3 Å². The Morgan fingerprint density at radius 3 is 2.72 bits per heavy atom. The third-order valence-corrected chi connectivity index (χ3v) is 5.69. The summed E-state index contributed by atoms with van der Waals surface area (Å²) in [7, 11) is 1.89. The van der Waals surface area contributed by atoms with Crippen LogP contribution in [0.15, 0.2) is 54.7 Å². The van der Waals surface area contributed by atoms with Crippen LogP contribution in [0.2, 0.25) is 0 Å². The number of carbonyl (C=O) groups excluding carboxylic acids is 3. The molecule has 0 aliphatic carbocycles. The number of rotatable bonds is 5. The van der Waals surface area contributed by atoms with Gasteiger partial charge in [0.1, 0.15) is 0 Å². The molecule has 32 heavy (non-hydrogen) atoms. The third kappa shape index (κ3) is 4.50. The molecule has 1 aliphatic heterocycles. The van der Waals surface area contributed by atoms with Gasteiger partial charge in [-0.25, -0.2) is 0 Å². The molecular weight excluding hydrogens is 408 g/mol. The predicted molar refractivity (Wildman–Crippen MR) is 122 cm³/mol. The van der Waals surface area contributed by atoms with Crippen LogP contribution in [0.4, 0.5) is 11.4 Å². The van der Waals surface area contributed by atoms with E-state index in [0.29, 0.717) is 29.9 Å². The highest BCUT2D eigenvalue weighted by molar-refractivity contribution is 6.39. The zero-order valence-electron chi connectivity index (χ0n) is 17.9. The number of para-hydroxylation sites is 1. The van der Waals surface area contributed by atoms with E-state index in [1.165, 1.54) is 0 Å². The Bertz CT molecular complexity index is 1170. The minimum Gasteiger partial charge on any atom is -0.386 e. The fourth-order valence-corrected chi connectivity index (χ4v) is 4.04. The Morgan fingerprint density at radius 1 is 1.09 bits per heavy atom. The lowest BCUT2D eigenvalue weighted by atomic mass is 10.1. The summed E-state index contributed by atoms with van der Waals surface area (Å²) in [4.78, 5) is 38.5. The van der Waals surface area contributed by atoms with Gasteiger partial charge in [0.05, 0.1) is 6.10 Å². The first kappa shape index (κ1) is 21.6. The molecule has 8 nitrogen and oxygen atoms in total. The molecule has 3 aromatic rings. The first-order valence-electron chi connectivity index (χ1n) is 10.7. The van der Waals surface area contributed by atoms with Crippen LogP contribution in [0.3, 0.4) is 0 Å².